The summed E-state index contributed by atoms with van der Waals surface area (Å²) in [6, 6.07) is 16.0. The first-order valence-electron chi connectivity index (χ1n) is 5.98. The molecule has 0 radical (unpaired) electrons. The van der Waals surface area contributed by atoms with Crippen LogP contribution in [0.1, 0.15) is 17.2 Å². The molecule has 1 aliphatic rings. The number of aliphatic imine (C=N–C) groups is 1. The fraction of sp³-hybridized carbons (Fsp3) is 0.133. The molecule has 0 saturated carbocycles. The number of hydrogen-bond acceptors (Lipinski definition) is 2. The molecule has 2 nitrogen and oxygen atoms in total. The van der Waals surface area contributed by atoms with Crippen molar-refractivity contribution in [2.24, 2.45) is 4.99 Å². The Kier molecular flexibility index (Phi) is 3.21. The zero-order valence-electron chi connectivity index (χ0n) is 10.3. The highest BCUT2D eigenvalue weighted by atomic mass is 35.5. The second kappa shape index (κ2) is 4.87. The molecule has 4 heteroatoms. The summed E-state index contributed by atoms with van der Waals surface area (Å²) in [4.78, 5) is 6.35. The van der Waals surface area contributed by atoms with Gasteiger partial charge in [0, 0.05) is 17.6 Å². The van der Waals surface area contributed by atoms with Gasteiger partial charge in [-0.15, -0.1) is 0 Å². The predicted molar refractivity (Wildman–Crippen MR) is 80.4 cm³/mol. The van der Waals surface area contributed by atoms with Crippen LogP contribution in [0.4, 0.5) is 5.69 Å². The summed E-state index contributed by atoms with van der Waals surface area (Å²) in [5.74, 6) is 0. The fourth-order valence-corrected chi connectivity index (χ4v) is 2.75. The number of nitrogens with zero attached hydrogens (tertiary/aromatic N) is 2. The monoisotopic (exact) mass is 290 g/mol. The van der Waals surface area contributed by atoms with Crippen LogP contribution in [-0.4, -0.2) is 17.2 Å². The maximum absolute atomic E-state index is 6.22. The van der Waals surface area contributed by atoms with Crippen LogP contribution >= 0.6 is 23.2 Å². The zero-order valence-corrected chi connectivity index (χ0v) is 11.9. The maximum Gasteiger partial charge on any atom is 0.199 e. The Balaban J connectivity index is 2.19. The molecule has 0 aliphatic carbocycles. The summed E-state index contributed by atoms with van der Waals surface area (Å²) in [6.07, 6.45) is 0. The molecule has 2 aromatic carbocycles. The molecule has 0 N–H and O–H groups in total. The van der Waals surface area contributed by atoms with Crippen LogP contribution in [0.15, 0.2) is 53.5 Å². The third-order valence-electron chi connectivity index (χ3n) is 3.29. The van der Waals surface area contributed by atoms with Crippen LogP contribution in [0, 0.1) is 0 Å². The van der Waals surface area contributed by atoms with E-state index in [1.807, 2.05) is 48.3 Å². The Morgan fingerprint density at radius 3 is 2.53 bits per heavy atom. The van der Waals surface area contributed by atoms with Crippen molar-refractivity contribution < 1.29 is 0 Å². The van der Waals surface area contributed by atoms with E-state index in [1.54, 1.807) is 0 Å². The minimum absolute atomic E-state index is 0.0416. The summed E-state index contributed by atoms with van der Waals surface area (Å²) in [7, 11) is 1.94. The van der Waals surface area contributed by atoms with E-state index in [2.05, 4.69) is 17.1 Å². The van der Waals surface area contributed by atoms with E-state index in [4.69, 9.17) is 23.2 Å². The van der Waals surface area contributed by atoms with Crippen molar-refractivity contribution >= 4 is 34.2 Å². The van der Waals surface area contributed by atoms with Crippen molar-refractivity contribution in [3.63, 3.8) is 0 Å². The summed E-state index contributed by atoms with van der Waals surface area (Å²) in [5, 5.41) is 1.20. The number of hydrogen-bond donors (Lipinski definition) is 0. The maximum atomic E-state index is 6.22. The third kappa shape index (κ3) is 2.22. The average Bonchev–Trinajstić information content (AvgIpc) is 2.42. The van der Waals surface area contributed by atoms with E-state index in [0.29, 0.717) is 10.3 Å². The first-order chi connectivity index (χ1) is 9.16. The lowest BCUT2D eigenvalue weighted by molar-refractivity contribution is 0.428. The van der Waals surface area contributed by atoms with E-state index >= 15 is 0 Å². The van der Waals surface area contributed by atoms with Gasteiger partial charge in [-0.1, -0.05) is 41.9 Å². The molecule has 1 aliphatic heterocycles. The Morgan fingerprint density at radius 2 is 1.79 bits per heavy atom. The number of fused-ring (bicyclic) bond motifs is 1. The molecule has 0 amide bonds. The quantitative estimate of drug-likeness (QED) is 0.701. The molecular weight excluding hydrogens is 279 g/mol. The molecule has 19 heavy (non-hydrogen) atoms. The fourth-order valence-electron chi connectivity index (χ4n) is 2.38. The van der Waals surface area contributed by atoms with Crippen LogP contribution in [0.3, 0.4) is 0 Å². The molecule has 0 bridgehead atoms. The largest absolute Gasteiger partial charge is 0.339 e. The first-order valence-corrected chi connectivity index (χ1v) is 6.74. The number of rotatable bonds is 1. The van der Waals surface area contributed by atoms with E-state index < -0.39 is 0 Å². The van der Waals surface area contributed by atoms with Gasteiger partial charge in [-0.3, -0.25) is 0 Å². The van der Waals surface area contributed by atoms with Crippen LogP contribution < -0.4 is 0 Å². The summed E-state index contributed by atoms with van der Waals surface area (Å²) >= 11 is 12.3. The lowest BCUT2D eigenvalue weighted by atomic mass is 9.95. The summed E-state index contributed by atoms with van der Waals surface area (Å²) in [6.45, 7) is 0. The highest BCUT2D eigenvalue weighted by Gasteiger charge is 2.27. The van der Waals surface area contributed by atoms with E-state index in [9.17, 15) is 0 Å². The van der Waals surface area contributed by atoms with Crippen LogP contribution in [0.5, 0.6) is 0 Å². The van der Waals surface area contributed by atoms with Crippen molar-refractivity contribution in [1.82, 2.24) is 4.90 Å². The Labute approximate surface area is 122 Å². The average molecular weight is 291 g/mol. The zero-order chi connectivity index (χ0) is 13.4. The second-order valence-electron chi connectivity index (χ2n) is 4.51. The molecule has 96 valence electrons. The predicted octanol–water partition coefficient (Wildman–Crippen LogP) is 4.60. The van der Waals surface area contributed by atoms with Crippen molar-refractivity contribution in [2.75, 3.05) is 7.05 Å². The van der Waals surface area contributed by atoms with Gasteiger partial charge in [-0.25, -0.2) is 4.99 Å². The number of halogens is 2. The smallest absolute Gasteiger partial charge is 0.199 e. The van der Waals surface area contributed by atoms with Gasteiger partial charge in [0.2, 0.25) is 0 Å². The molecular formula is C15H12Cl2N2. The van der Waals surface area contributed by atoms with Crippen molar-refractivity contribution in [2.45, 2.75) is 6.04 Å². The first kappa shape index (κ1) is 12.5. The van der Waals surface area contributed by atoms with Crippen LogP contribution in [0.25, 0.3) is 0 Å². The van der Waals surface area contributed by atoms with Crippen molar-refractivity contribution in [3.05, 3.63) is 64.7 Å². The molecule has 0 saturated heterocycles. The SMILES string of the molecule is CN1C(Cl)=Nc2ccc(Cl)cc2C1c1ccccc1. The van der Waals surface area contributed by atoms with Gasteiger partial charge in [0.1, 0.15) is 0 Å². The highest BCUT2D eigenvalue weighted by molar-refractivity contribution is 6.65. The Bertz CT molecular complexity index is 638. The highest BCUT2D eigenvalue weighted by Crippen LogP contribution is 2.40. The van der Waals surface area contributed by atoms with Gasteiger partial charge in [-0.2, -0.15) is 0 Å². The molecule has 0 spiro atoms. The van der Waals surface area contributed by atoms with Gasteiger partial charge in [0.15, 0.2) is 5.29 Å². The van der Waals surface area contributed by atoms with Crippen molar-refractivity contribution in [3.8, 4) is 0 Å². The Morgan fingerprint density at radius 1 is 1.05 bits per heavy atom. The van der Waals surface area contributed by atoms with E-state index in [0.717, 1.165) is 11.3 Å². The topological polar surface area (TPSA) is 15.6 Å². The van der Waals surface area contributed by atoms with Gasteiger partial charge in [0.05, 0.1) is 11.7 Å². The van der Waals surface area contributed by atoms with Crippen LogP contribution in [-0.2, 0) is 0 Å². The second-order valence-corrected chi connectivity index (χ2v) is 5.28. The van der Waals surface area contributed by atoms with Crippen molar-refractivity contribution in [1.29, 1.82) is 0 Å². The van der Waals surface area contributed by atoms with Gasteiger partial charge in [0.25, 0.3) is 0 Å². The summed E-state index contributed by atoms with van der Waals surface area (Å²) in [5.41, 5.74) is 3.12. The minimum atomic E-state index is 0.0416. The van der Waals surface area contributed by atoms with E-state index in [-0.39, 0.29) is 6.04 Å². The molecule has 0 fully saturated rings. The number of amidine groups is 1. The molecule has 1 unspecified atom stereocenters. The summed E-state index contributed by atoms with van der Waals surface area (Å²) < 4.78 is 0. The lowest BCUT2D eigenvalue weighted by Gasteiger charge is -2.33. The Hall–Kier alpha value is -1.51. The number of benzene rings is 2. The van der Waals surface area contributed by atoms with Gasteiger partial charge in [-0.05, 0) is 35.4 Å². The standard InChI is InChI=1S/C15H12Cl2N2/c1-19-14(10-5-3-2-4-6-10)12-9-11(16)7-8-13(12)18-15(19)17/h2-9,14H,1H3. The minimum Gasteiger partial charge on any atom is -0.339 e. The van der Waals surface area contributed by atoms with E-state index in [1.165, 1.54) is 5.56 Å². The molecule has 3 rings (SSSR count). The molecule has 1 atom stereocenters. The molecule has 0 aromatic heterocycles. The van der Waals surface area contributed by atoms with Gasteiger partial charge >= 0.3 is 0 Å². The van der Waals surface area contributed by atoms with Gasteiger partial charge < -0.3 is 4.90 Å². The third-order valence-corrected chi connectivity index (χ3v) is 3.88. The molecule has 1 heterocycles. The normalized spacial score (nSPS) is 17.9. The molecule has 2 aromatic rings. The van der Waals surface area contributed by atoms with Crippen LogP contribution in [0.2, 0.25) is 5.02 Å². The lowest BCUT2D eigenvalue weighted by Crippen LogP contribution is -2.31.